The molecule has 0 saturated carbocycles. The summed E-state index contributed by atoms with van der Waals surface area (Å²) in [5.41, 5.74) is 14.4. The molecule has 1 aliphatic rings. The minimum Gasteiger partial charge on any atom is -0.310 e. The fourth-order valence-electron chi connectivity index (χ4n) is 7.53. The molecule has 0 fully saturated rings. The van der Waals surface area contributed by atoms with Crippen LogP contribution >= 0.6 is 0 Å². The molecule has 0 radical (unpaired) electrons. The molecule has 1 nitrogen and oxygen atoms in total. The molecule has 8 aromatic carbocycles. The zero-order valence-corrected chi connectivity index (χ0v) is 29.5. The van der Waals surface area contributed by atoms with Gasteiger partial charge in [-0.2, -0.15) is 0 Å². The van der Waals surface area contributed by atoms with E-state index < -0.39 is 0 Å². The lowest BCUT2D eigenvalue weighted by Crippen LogP contribution is -2.11. The molecule has 0 saturated heterocycles. The molecule has 0 bridgehead atoms. The van der Waals surface area contributed by atoms with Crippen molar-refractivity contribution in [3.8, 4) is 44.5 Å². The topological polar surface area (TPSA) is 3.24 Å². The number of hydrogen-bond acceptors (Lipinski definition) is 1. The van der Waals surface area contributed by atoms with Crippen LogP contribution in [0.1, 0.15) is 17.9 Å². The lowest BCUT2D eigenvalue weighted by atomic mass is 9.89. The summed E-state index contributed by atoms with van der Waals surface area (Å²) in [6, 6.07) is 70.6. The largest absolute Gasteiger partial charge is 0.310 e. The summed E-state index contributed by atoms with van der Waals surface area (Å²) in [4.78, 5) is 2.41. The molecule has 53 heavy (non-hydrogen) atoms. The van der Waals surface area contributed by atoms with Crippen molar-refractivity contribution in [3.05, 3.63) is 224 Å². The molecular formula is C52H39N. The smallest absolute Gasteiger partial charge is 0.0470 e. The molecule has 1 unspecified atom stereocenters. The second-order valence-electron chi connectivity index (χ2n) is 13.8. The van der Waals surface area contributed by atoms with E-state index in [0.29, 0.717) is 5.92 Å². The lowest BCUT2D eigenvalue weighted by Gasteiger charge is -2.28. The average molecular weight is 678 g/mol. The van der Waals surface area contributed by atoms with Crippen LogP contribution < -0.4 is 4.90 Å². The third-order valence-corrected chi connectivity index (χ3v) is 10.4. The normalized spacial score (nSPS) is 13.6. The van der Waals surface area contributed by atoms with Crippen LogP contribution in [0.5, 0.6) is 0 Å². The predicted octanol–water partition coefficient (Wildman–Crippen LogP) is 14.6. The Morgan fingerprint density at radius 2 is 0.868 bits per heavy atom. The fourth-order valence-corrected chi connectivity index (χ4v) is 7.53. The van der Waals surface area contributed by atoms with E-state index in [1.54, 1.807) is 0 Å². The Labute approximate surface area is 312 Å². The second-order valence-corrected chi connectivity index (χ2v) is 13.8. The van der Waals surface area contributed by atoms with Crippen LogP contribution in [0.2, 0.25) is 0 Å². The van der Waals surface area contributed by atoms with Crippen LogP contribution in [-0.2, 0) is 0 Å². The highest BCUT2D eigenvalue weighted by molar-refractivity contribution is 5.88. The van der Waals surface area contributed by atoms with Crippen molar-refractivity contribution in [2.75, 3.05) is 4.90 Å². The first-order chi connectivity index (χ1) is 26.2. The second kappa shape index (κ2) is 14.5. The van der Waals surface area contributed by atoms with Crippen LogP contribution in [-0.4, -0.2) is 0 Å². The van der Waals surface area contributed by atoms with Gasteiger partial charge in [0.25, 0.3) is 0 Å². The van der Waals surface area contributed by atoms with E-state index in [1.807, 2.05) is 0 Å². The van der Waals surface area contributed by atoms with Gasteiger partial charge in [0.15, 0.2) is 0 Å². The number of hydrogen-bond donors (Lipinski definition) is 0. The van der Waals surface area contributed by atoms with E-state index >= 15 is 0 Å². The van der Waals surface area contributed by atoms with E-state index in [1.165, 1.54) is 60.8 Å². The molecule has 0 spiro atoms. The number of benzene rings is 8. The van der Waals surface area contributed by atoms with Crippen LogP contribution in [0.15, 0.2) is 218 Å². The molecule has 0 heterocycles. The predicted molar refractivity (Wildman–Crippen MR) is 226 cm³/mol. The first-order valence-corrected chi connectivity index (χ1v) is 18.4. The lowest BCUT2D eigenvalue weighted by molar-refractivity contribution is 0.854. The van der Waals surface area contributed by atoms with Gasteiger partial charge in [0, 0.05) is 23.0 Å². The van der Waals surface area contributed by atoms with Gasteiger partial charge in [0.2, 0.25) is 0 Å². The summed E-state index contributed by atoms with van der Waals surface area (Å²) in [6.45, 7) is 0. The summed E-state index contributed by atoms with van der Waals surface area (Å²) >= 11 is 0. The fraction of sp³-hybridized carbons (Fsp3) is 0.0385. The average Bonchev–Trinajstić information content (AvgIpc) is 3.25. The first kappa shape index (κ1) is 32.2. The summed E-state index contributed by atoms with van der Waals surface area (Å²) in [7, 11) is 0. The van der Waals surface area contributed by atoms with Gasteiger partial charge in [0.1, 0.15) is 0 Å². The van der Waals surface area contributed by atoms with E-state index in [-0.39, 0.29) is 0 Å². The van der Waals surface area contributed by atoms with E-state index in [4.69, 9.17) is 0 Å². The minimum atomic E-state index is 0.321. The molecule has 9 rings (SSSR count). The molecule has 1 aliphatic carbocycles. The van der Waals surface area contributed by atoms with Gasteiger partial charge in [0.05, 0.1) is 0 Å². The van der Waals surface area contributed by atoms with Gasteiger partial charge in [-0.1, -0.05) is 170 Å². The Hall–Kier alpha value is -6.70. The van der Waals surface area contributed by atoms with Crippen molar-refractivity contribution in [2.24, 2.45) is 0 Å². The Morgan fingerprint density at radius 3 is 1.53 bits per heavy atom. The summed E-state index contributed by atoms with van der Waals surface area (Å²) in [5, 5.41) is 2.52. The van der Waals surface area contributed by atoms with Crippen LogP contribution in [0.3, 0.4) is 0 Å². The third kappa shape index (κ3) is 6.86. The number of fused-ring (bicyclic) bond motifs is 1. The van der Waals surface area contributed by atoms with Gasteiger partial charge in [-0.3, -0.25) is 0 Å². The molecule has 0 aliphatic heterocycles. The molecule has 252 valence electrons. The van der Waals surface area contributed by atoms with Crippen molar-refractivity contribution < 1.29 is 0 Å². The van der Waals surface area contributed by atoms with Gasteiger partial charge < -0.3 is 4.90 Å². The van der Waals surface area contributed by atoms with Crippen molar-refractivity contribution in [3.63, 3.8) is 0 Å². The zero-order chi connectivity index (χ0) is 35.4. The Balaban J connectivity index is 1.13. The zero-order valence-electron chi connectivity index (χ0n) is 29.5. The molecule has 1 heteroatoms. The van der Waals surface area contributed by atoms with Gasteiger partial charge in [-0.25, -0.2) is 0 Å². The number of allylic oxidation sites excluding steroid dienone is 4. The molecule has 0 N–H and O–H groups in total. The van der Waals surface area contributed by atoms with Gasteiger partial charge in [-0.15, -0.1) is 0 Å². The highest BCUT2D eigenvalue weighted by Gasteiger charge is 2.18. The number of nitrogens with zero attached hydrogens (tertiary/aromatic N) is 1. The monoisotopic (exact) mass is 677 g/mol. The SMILES string of the molecule is C1=CCC(c2cc(-c3ccccc3)cc(N(c3ccc(-c4ccccc4)cc3)c3ccc(-c4cccc(-c5ccc6ccccc6c5)c4)cc3)c2)C=C1. The highest BCUT2D eigenvalue weighted by atomic mass is 15.1. The standard InChI is InChI=1S/C52H39N/c1-4-13-38(14-5-1)42-25-29-50(30-26-42)53(52-36-48(39-15-6-2-7-16-39)35-49(37-52)40-17-8-3-9-18-40)51-31-27-43(28-32-51)45-21-12-22-46(33-45)47-24-23-41-19-10-11-20-44(41)34-47/h1-17,19-37,40H,18H2. The number of anilines is 3. The maximum atomic E-state index is 2.41. The van der Waals surface area contributed by atoms with E-state index in [0.717, 1.165) is 23.5 Å². The number of rotatable bonds is 8. The van der Waals surface area contributed by atoms with E-state index in [2.05, 4.69) is 223 Å². The molecule has 1 atom stereocenters. The summed E-state index contributed by atoms with van der Waals surface area (Å²) in [5.74, 6) is 0.321. The van der Waals surface area contributed by atoms with Crippen molar-refractivity contribution in [1.82, 2.24) is 0 Å². The van der Waals surface area contributed by atoms with Gasteiger partial charge >= 0.3 is 0 Å². The van der Waals surface area contributed by atoms with Crippen molar-refractivity contribution >= 4 is 27.8 Å². The van der Waals surface area contributed by atoms with Gasteiger partial charge in [-0.05, 0) is 116 Å². The third-order valence-electron chi connectivity index (χ3n) is 10.4. The Kier molecular flexibility index (Phi) is 8.82. The first-order valence-electron chi connectivity index (χ1n) is 18.4. The van der Waals surface area contributed by atoms with Crippen molar-refractivity contribution in [1.29, 1.82) is 0 Å². The molecular weight excluding hydrogens is 639 g/mol. The summed E-state index contributed by atoms with van der Waals surface area (Å²) in [6.07, 6.45) is 9.92. The van der Waals surface area contributed by atoms with Crippen molar-refractivity contribution in [2.45, 2.75) is 12.3 Å². The molecule has 0 amide bonds. The molecule has 0 aromatic heterocycles. The summed E-state index contributed by atoms with van der Waals surface area (Å²) < 4.78 is 0. The maximum Gasteiger partial charge on any atom is 0.0470 e. The Morgan fingerprint density at radius 1 is 0.340 bits per heavy atom. The van der Waals surface area contributed by atoms with Crippen LogP contribution in [0, 0.1) is 0 Å². The van der Waals surface area contributed by atoms with E-state index in [9.17, 15) is 0 Å². The minimum absolute atomic E-state index is 0.321. The quantitative estimate of drug-likeness (QED) is 0.155. The highest BCUT2D eigenvalue weighted by Crippen LogP contribution is 2.41. The van der Waals surface area contributed by atoms with Crippen LogP contribution in [0.4, 0.5) is 17.1 Å². The maximum absolute atomic E-state index is 2.41. The molecule has 8 aromatic rings. The van der Waals surface area contributed by atoms with Crippen LogP contribution in [0.25, 0.3) is 55.3 Å². The Bertz CT molecular complexity index is 2560.